The number of nitro benzene ring substituents is 1. The fourth-order valence-corrected chi connectivity index (χ4v) is 2.53. The van der Waals surface area contributed by atoms with Gasteiger partial charge in [-0.3, -0.25) is 19.7 Å². The zero-order valence-electron chi connectivity index (χ0n) is 16.9. The molecule has 8 heteroatoms. The molecule has 2 aromatic rings. The summed E-state index contributed by atoms with van der Waals surface area (Å²) < 4.78 is 9.99. The van der Waals surface area contributed by atoms with Gasteiger partial charge in [0, 0.05) is 12.1 Å². The van der Waals surface area contributed by atoms with Gasteiger partial charge in [-0.1, -0.05) is 32.9 Å². The van der Waals surface area contributed by atoms with Crippen LogP contribution < -0.4 is 14.8 Å². The second kappa shape index (κ2) is 9.18. The number of hydrogen-bond acceptors (Lipinski definition) is 6. The number of ether oxygens (including phenoxy) is 2. The van der Waals surface area contributed by atoms with Gasteiger partial charge in [0.05, 0.1) is 24.5 Å². The maximum absolute atomic E-state index is 12.2. The van der Waals surface area contributed by atoms with E-state index in [0.717, 1.165) is 5.56 Å². The van der Waals surface area contributed by atoms with Gasteiger partial charge in [-0.05, 0) is 35.2 Å². The maximum Gasteiger partial charge on any atom is 0.315 e. The molecular weight excluding hydrogens is 376 g/mol. The molecule has 0 saturated carbocycles. The summed E-state index contributed by atoms with van der Waals surface area (Å²) in [5.74, 6) is -0.901. The zero-order valence-corrected chi connectivity index (χ0v) is 16.9. The summed E-state index contributed by atoms with van der Waals surface area (Å²) in [6.07, 6.45) is -0.130. The minimum atomic E-state index is -0.693. The van der Waals surface area contributed by atoms with Crippen molar-refractivity contribution in [3.05, 3.63) is 63.7 Å². The van der Waals surface area contributed by atoms with Crippen LogP contribution in [0.25, 0.3) is 0 Å². The quantitative estimate of drug-likeness (QED) is 0.329. The third-order valence-electron chi connectivity index (χ3n) is 4.21. The lowest BCUT2D eigenvalue weighted by atomic mass is 9.87. The first-order valence-electron chi connectivity index (χ1n) is 9.03. The van der Waals surface area contributed by atoms with E-state index in [4.69, 9.17) is 9.47 Å². The van der Waals surface area contributed by atoms with Crippen LogP contribution in [0, 0.1) is 10.1 Å². The van der Waals surface area contributed by atoms with Gasteiger partial charge >= 0.3 is 11.7 Å². The van der Waals surface area contributed by atoms with Gasteiger partial charge in [-0.25, -0.2) is 0 Å². The number of carbonyl (C=O) groups excluding carboxylic acids is 2. The normalized spacial score (nSPS) is 10.9. The molecule has 8 nitrogen and oxygen atoms in total. The highest BCUT2D eigenvalue weighted by Gasteiger charge is 2.19. The van der Waals surface area contributed by atoms with Crippen molar-refractivity contribution in [1.29, 1.82) is 0 Å². The van der Waals surface area contributed by atoms with Gasteiger partial charge < -0.3 is 14.8 Å². The van der Waals surface area contributed by atoms with Crippen molar-refractivity contribution in [3.8, 4) is 11.5 Å². The number of carbonyl (C=O) groups is 2. The molecule has 0 aliphatic carbocycles. The van der Waals surface area contributed by atoms with E-state index >= 15 is 0 Å². The van der Waals surface area contributed by atoms with Gasteiger partial charge in [0.15, 0.2) is 0 Å². The van der Waals surface area contributed by atoms with Crippen molar-refractivity contribution < 1.29 is 24.0 Å². The van der Waals surface area contributed by atoms with Gasteiger partial charge in [-0.2, -0.15) is 0 Å². The van der Waals surface area contributed by atoms with E-state index in [0.29, 0.717) is 5.56 Å². The summed E-state index contributed by atoms with van der Waals surface area (Å²) in [5, 5.41) is 13.8. The molecule has 0 spiro atoms. The van der Waals surface area contributed by atoms with Crippen molar-refractivity contribution >= 4 is 17.6 Å². The van der Waals surface area contributed by atoms with Crippen molar-refractivity contribution in [2.45, 2.75) is 32.6 Å². The number of hydrogen-bond donors (Lipinski definition) is 1. The maximum atomic E-state index is 12.2. The van der Waals surface area contributed by atoms with E-state index in [9.17, 15) is 19.7 Å². The number of rotatable bonds is 7. The third-order valence-corrected chi connectivity index (χ3v) is 4.21. The molecule has 2 rings (SSSR count). The lowest BCUT2D eigenvalue weighted by molar-refractivity contribution is -0.385. The van der Waals surface area contributed by atoms with Crippen LogP contribution in [0.15, 0.2) is 42.5 Å². The first-order chi connectivity index (χ1) is 13.6. The number of esters is 1. The summed E-state index contributed by atoms with van der Waals surface area (Å²) >= 11 is 0. The van der Waals surface area contributed by atoms with Crippen LogP contribution in [0.3, 0.4) is 0 Å². The minimum Gasteiger partial charge on any atom is -0.496 e. The van der Waals surface area contributed by atoms with E-state index in [1.165, 1.54) is 25.3 Å². The van der Waals surface area contributed by atoms with Crippen LogP contribution in [-0.4, -0.2) is 30.5 Å². The van der Waals surface area contributed by atoms with Crippen LogP contribution in [0.4, 0.5) is 5.69 Å². The summed E-state index contributed by atoms with van der Waals surface area (Å²) in [4.78, 5) is 34.6. The van der Waals surface area contributed by atoms with Crippen LogP contribution >= 0.6 is 0 Å². The Morgan fingerprint density at radius 2 is 1.76 bits per heavy atom. The topological polar surface area (TPSA) is 108 Å². The SMILES string of the molecule is COc1ccc(OC(=O)CCNC(=O)c2ccc(C(C)(C)C)cc2)c([N+](=O)[O-])c1. The highest BCUT2D eigenvalue weighted by Crippen LogP contribution is 2.31. The molecule has 1 amide bonds. The molecule has 0 bridgehead atoms. The first-order valence-corrected chi connectivity index (χ1v) is 9.03. The van der Waals surface area contributed by atoms with Crippen molar-refractivity contribution in [1.82, 2.24) is 5.32 Å². The molecule has 0 unspecified atom stereocenters. The summed E-state index contributed by atoms with van der Waals surface area (Å²) in [6.45, 7) is 6.30. The van der Waals surface area contributed by atoms with E-state index in [1.54, 1.807) is 12.1 Å². The monoisotopic (exact) mass is 400 g/mol. The number of amides is 1. The van der Waals surface area contributed by atoms with E-state index in [1.807, 2.05) is 12.1 Å². The van der Waals surface area contributed by atoms with Crippen molar-refractivity contribution in [2.75, 3.05) is 13.7 Å². The lowest BCUT2D eigenvalue weighted by Gasteiger charge is -2.19. The molecule has 1 N–H and O–H groups in total. The molecule has 0 heterocycles. The van der Waals surface area contributed by atoms with Gasteiger partial charge in [-0.15, -0.1) is 0 Å². The number of methoxy groups -OCH3 is 1. The molecule has 2 aromatic carbocycles. The predicted molar refractivity (Wildman–Crippen MR) is 107 cm³/mol. The standard InChI is InChI=1S/C21H24N2O6/c1-21(2,3)15-7-5-14(6-8-15)20(25)22-12-11-19(24)29-18-10-9-16(28-4)13-17(18)23(26)27/h5-10,13H,11-12H2,1-4H3,(H,22,25). The largest absolute Gasteiger partial charge is 0.496 e. The summed E-state index contributed by atoms with van der Waals surface area (Å²) in [6, 6.07) is 11.2. The van der Waals surface area contributed by atoms with E-state index in [-0.39, 0.29) is 41.5 Å². The lowest BCUT2D eigenvalue weighted by Crippen LogP contribution is -2.27. The molecule has 154 valence electrons. The Balaban J connectivity index is 1.90. The van der Waals surface area contributed by atoms with Crippen LogP contribution in [-0.2, 0) is 10.2 Å². The van der Waals surface area contributed by atoms with Gasteiger partial charge in [0.1, 0.15) is 5.75 Å². The van der Waals surface area contributed by atoms with Gasteiger partial charge in [0.2, 0.25) is 5.75 Å². The summed E-state index contributed by atoms with van der Waals surface area (Å²) in [5.41, 5.74) is 1.21. The molecule has 0 aromatic heterocycles. The van der Waals surface area contributed by atoms with Crippen LogP contribution in [0.1, 0.15) is 43.1 Å². The second-order valence-corrected chi connectivity index (χ2v) is 7.40. The molecule has 0 radical (unpaired) electrons. The zero-order chi connectivity index (χ0) is 21.6. The van der Waals surface area contributed by atoms with E-state index < -0.39 is 10.9 Å². The van der Waals surface area contributed by atoms with Crippen LogP contribution in [0.5, 0.6) is 11.5 Å². The molecule has 29 heavy (non-hydrogen) atoms. The fraction of sp³-hybridized carbons (Fsp3) is 0.333. The molecular formula is C21H24N2O6. The first kappa shape index (κ1) is 21.9. The van der Waals surface area contributed by atoms with E-state index in [2.05, 4.69) is 26.1 Å². The average Bonchev–Trinajstić information content (AvgIpc) is 2.67. The molecule has 0 fully saturated rings. The smallest absolute Gasteiger partial charge is 0.315 e. The van der Waals surface area contributed by atoms with Crippen molar-refractivity contribution in [2.24, 2.45) is 0 Å². The Bertz CT molecular complexity index is 900. The van der Waals surface area contributed by atoms with Gasteiger partial charge in [0.25, 0.3) is 5.91 Å². The number of nitrogens with one attached hydrogen (secondary N) is 1. The van der Waals surface area contributed by atoms with Crippen molar-refractivity contribution in [3.63, 3.8) is 0 Å². The Morgan fingerprint density at radius 3 is 2.31 bits per heavy atom. The molecule has 0 atom stereocenters. The Morgan fingerprint density at radius 1 is 1.10 bits per heavy atom. The summed E-state index contributed by atoms with van der Waals surface area (Å²) in [7, 11) is 1.38. The Labute approximate surface area is 169 Å². The molecule has 0 aliphatic heterocycles. The number of nitro groups is 1. The highest BCUT2D eigenvalue weighted by atomic mass is 16.6. The van der Waals surface area contributed by atoms with Crippen LogP contribution in [0.2, 0.25) is 0 Å². The Kier molecular flexibility index (Phi) is 6.93. The Hall–Kier alpha value is -3.42. The predicted octanol–water partition coefficient (Wildman–Crippen LogP) is 3.63. The number of nitrogens with zero attached hydrogens (tertiary/aromatic N) is 1. The number of benzene rings is 2. The highest BCUT2D eigenvalue weighted by molar-refractivity contribution is 5.94. The molecule has 0 aliphatic rings. The minimum absolute atomic E-state index is 0.0111. The second-order valence-electron chi connectivity index (χ2n) is 7.40. The third kappa shape index (κ3) is 6.03. The average molecular weight is 400 g/mol. The molecule has 0 saturated heterocycles. The fourth-order valence-electron chi connectivity index (χ4n) is 2.53.